The number of anilines is 1. The molecule has 1 amide bonds. The zero-order valence-corrected chi connectivity index (χ0v) is 19.8. The largest absolute Gasteiger partial charge is 0.496 e. The molecular formula is C29H33N3O2. The summed E-state index contributed by atoms with van der Waals surface area (Å²) in [5.41, 5.74) is 5.02. The fourth-order valence-electron chi connectivity index (χ4n) is 5.46. The van der Waals surface area contributed by atoms with Crippen LogP contribution >= 0.6 is 0 Å². The second kappa shape index (κ2) is 10.3. The van der Waals surface area contributed by atoms with Gasteiger partial charge in [0.05, 0.1) is 19.1 Å². The van der Waals surface area contributed by atoms with E-state index in [0.717, 1.165) is 50.3 Å². The lowest BCUT2D eigenvalue weighted by Gasteiger charge is -2.49. The summed E-state index contributed by atoms with van der Waals surface area (Å²) in [6, 6.07) is 27.4. The molecule has 3 aromatic carbocycles. The summed E-state index contributed by atoms with van der Waals surface area (Å²) >= 11 is 0. The Morgan fingerprint density at radius 2 is 1.74 bits per heavy atom. The molecule has 0 aliphatic carbocycles. The molecule has 1 fully saturated rings. The van der Waals surface area contributed by atoms with Gasteiger partial charge < -0.3 is 15.0 Å². The van der Waals surface area contributed by atoms with Crippen LogP contribution in [0.25, 0.3) is 0 Å². The van der Waals surface area contributed by atoms with E-state index in [0.29, 0.717) is 6.54 Å². The molecule has 2 aliphatic heterocycles. The van der Waals surface area contributed by atoms with Crippen molar-refractivity contribution in [2.75, 3.05) is 38.2 Å². The Hall–Kier alpha value is -3.31. The molecule has 1 N–H and O–H groups in total. The average molecular weight is 456 g/mol. The smallest absolute Gasteiger partial charge is 0.225 e. The zero-order valence-electron chi connectivity index (χ0n) is 19.8. The number of carbonyl (C=O) groups excluding carboxylic acids is 1. The van der Waals surface area contributed by atoms with Crippen molar-refractivity contribution in [2.24, 2.45) is 5.92 Å². The first-order valence-electron chi connectivity index (χ1n) is 12.2. The van der Waals surface area contributed by atoms with E-state index in [4.69, 9.17) is 4.74 Å². The van der Waals surface area contributed by atoms with Crippen LogP contribution < -0.4 is 15.0 Å². The van der Waals surface area contributed by atoms with Gasteiger partial charge in [-0.15, -0.1) is 0 Å². The van der Waals surface area contributed by atoms with Crippen molar-refractivity contribution in [2.45, 2.75) is 25.4 Å². The van der Waals surface area contributed by atoms with Crippen molar-refractivity contribution in [3.8, 4) is 5.75 Å². The quantitative estimate of drug-likeness (QED) is 0.587. The third-order valence-electron chi connectivity index (χ3n) is 7.18. The molecule has 5 heteroatoms. The highest BCUT2D eigenvalue weighted by Gasteiger charge is 2.41. The van der Waals surface area contributed by atoms with Gasteiger partial charge in [-0.05, 0) is 41.7 Å². The molecule has 5 rings (SSSR count). The molecule has 0 spiro atoms. The predicted octanol–water partition coefficient (Wildman–Crippen LogP) is 3.92. The van der Waals surface area contributed by atoms with Crippen molar-refractivity contribution in [1.29, 1.82) is 0 Å². The molecule has 176 valence electrons. The van der Waals surface area contributed by atoms with Crippen LogP contribution in [0.2, 0.25) is 0 Å². The molecular weight excluding hydrogens is 422 g/mol. The molecule has 2 heterocycles. The van der Waals surface area contributed by atoms with Gasteiger partial charge in [0, 0.05) is 38.4 Å². The van der Waals surface area contributed by atoms with Gasteiger partial charge in [-0.25, -0.2) is 0 Å². The molecule has 3 aromatic rings. The number of para-hydroxylation sites is 2. The van der Waals surface area contributed by atoms with E-state index >= 15 is 0 Å². The first-order chi connectivity index (χ1) is 16.7. The van der Waals surface area contributed by atoms with Crippen LogP contribution in [-0.2, 0) is 24.2 Å². The van der Waals surface area contributed by atoms with E-state index < -0.39 is 0 Å². The summed E-state index contributed by atoms with van der Waals surface area (Å²) in [7, 11) is 1.69. The zero-order chi connectivity index (χ0) is 23.3. The minimum atomic E-state index is -0.0638. The topological polar surface area (TPSA) is 44.8 Å². The van der Waals surface area contributed by atoms with Crippen LogP contribution in [0.4, 0.5) is 5.69 Å². The van der Waals surface area contributed by atoms with Crippen LogP contribution in [-0.4, -0.2) is 50.1 Å². The van der Waals surface area contributed by atoms with Crippen LogP contribution in [0.5, 0.6) is 5.75 Å². The summed E-state index contributed by atoms with van der Waals surface area (Å²) in [6.07, 6.45) is 1.55. The van der Waals surface area contributed by atoms with E-state index in [2.05, 4.69) is 75.8 Å². The Kier molecular flexibility index (Phi) is 6.82. The number of benzene rings is 3. The van der Waals surface area contributed by atoms with Crippen molar-refractivity contribution in [3.05, 3.63) is 95.6 Å². The van der Waals surface area contributed by atoms with Gasteiger partial charge in [-0.3, -0.25) is 9.69 Å². The Morgan fingerprint density at radius 3 is 2.59 bits per heavy atom. The maximum Gasteiger partial charge on any atom is 0.225 e. The molecule has 0 saturated carbocycles. The number of hydrogen-bond donors (Lipinski definition) is 1. The summed E-state index contributed by atoms with van der Waals surface area (Å²) in [5.74, 6) is 0.963. The Balaban J connectivity index is 1.30. The first kappa shape index (κ1) is 22.5. The highest BCUT2D eigenvalue weighted by atomic mass is 16.5. The standard InChI is InChI=1S/C29H33N3O2/c1-34-28-14-8-6-11-23(28)15-16-30-29(33)25-19-24-12-5-7-13-26(24)32-18-17-31(21-27(25)32)20-22-9-3-2-4-10-22/h2-14,25,27H,15-21H2,1H3,(H,30,33). The molecule has 0 aromatic heterocycles. The molecule has 0 bridgehead atoms. The van der Waals surface area contributed by atoms with Crippen molar-refractivity contribution >= 4 is 11.6 Å². The number of fused-ring (bicyclic) bond motifs is 3. The molecule has 2 atom stereocenters. The van der Waals surface area contributed by atoms with Gasteiger partial charge in [0.25, 0.3) is 0 Å². The summed E-state index contributed by atoms with van der Waals surface area (Å²) in [5, 5.41) is 3.24. The first-order valence-corrected chi connectivity index (χ1v) is 12.2. The number of amides is 1. The minimum absolute atomic E-state index is 0.0638. The minimum Gasteiger partial charge on any atom is -0.496 e. The lowest BCUT2D eigenvalue weighted by atomic mass is 9.83. The number of methoxy groups -OCH3 is 1. The van der Waals surface area contributed by atoms with Gasteiger partial charge in [-0.2, -0.15) is 0 Å². The maximum atomic E-state index is 13.5. The second-order valence-electron chi connectivity index (χ2n) is 9.27. The third kappa shape index (κ3) is 4.80. The van der Waals surface area contributed by atoms with E-state index in [1.807, 2.05) is 18.2 Å². The molecule has 0 radical (unpaired) electrons. The number of rotatable bonds is 7. The van der Waals surface area contributed by atoms with Gasteiger partial charge in [0.1, 0.15) is 5.75 Å². The lowest BCUT2D eigenvalue weighted by molar-refractivity contribution is -0.126. The number of nitrogens with zero attached hydrogens (tertiary/aromatic N) is 2. The van der Waals surface area contributed by atoms with Crippen LogP contribution in [0.3, 0.4) is 0 Å². The monoisotopic (exact) mass is 455 g/mol. The summed E-state index contributed by atoms with van der Waals surface area (Å²) in [6.45, 7) is 4.38. The van der Waals surface area contributed by atoms with Crippen LogP contribution in [0, 0.1) is 5.92 Å². The fourth-order valence-corrected chi connectivity index (χ4v) is 5.46. The third-order valence-corrected chi connectivity index (χ3v) is 7.18. The van der Waals surface area contributed by atoms with Crippen molar-refractivity contribution in [1.82, 2.24) is 10.2 Å². The predicted molar refractivity (Wildman–Crippen MR) is 136 cm³/mol. The van der Waals surface area contributed by atoms with Gasteiger partial charge in [0.15, 0.2) is 0 Å². The molecule has 1 saturated heterocycles. The number of nitrogens with one attached hydrogen (secondary N) is 1. The number of carbonyl (C=O) groups is 1. The van der Waals surface area contributed by atoms with E-state index in [-0.39, 0.29) is 17.9 Å². The van der Waals surface area contributed by atoms with E-state index in [1.165, 1.54) is 16.8 Å². The van der Waals surface area contributed by atoms with E-state index in [1.54, 1.807) is 7.11 Å². The molecule has 2 aliphatic rings. The highest BCUT2D eigenvalue weighted by molar-refractivity contribution is 5.82. The summed E-state index contributed by atoms with van der Waals surface area (Å²) in [4.78, 5) is 18.5. The SMILES string of the molecule is COc1ccccc1CCNC(=O)C1Cc2ccccc2N2CCN(Cc3ccccc3)CC12. The molecule has 2 unspecified atom stereocenters. The van der Waals surface area contributed by atoms with E-state index in [9.17, 15) is 4.79 Å². The lowest BCUT2D eigenvalue weighted by Crippen LogP contribution is -2.61. The van der Waals surface area contributed by atoms with Crippen molar-refractivity contribution < 1.29 is 9.53 Å². The number of piperazine rings is 1. The number of ether oxygens (including phenoxy) is 1. The maximum absolute atomic E-state index is 13.5. The summed E-state index contributed by atoms with van der Waals surface area (Å²) < 4.78 is 5.46. The Morgan fingerprint density at radius 1 is 0.971 bits per heavy atom. The van der Waals surface area contributed by atoms with Gasteiger partial charge in [0.2, 0.25) is 5.91 Å². The fraction of sp³-hybridized carbons (Fsp3) is 0.345. The Bertz CT molecular complexity index is 1120. The second-order valence-corrected chi connectivity index (χ2v) is 9.27. The molecule has 5 nitrogen and oxygen atoms in total. The van der Waals surface area contributed by atoms with Crippen molar-refractivity contribution in [3.63, 3.8) is 0 Å². The average Bonchev–Trinajstić information content (AvgIpc) is 2.89. The van der Waals surface area contributed by atoms with Gasteiger partial charge in [-0.1, -0.05) is 66.7 Å². The van der Waals surface area contributed by atoms with Crippen LogP contribution in [0.15, 0.2) is 78.9 Å². The number of hydrogen-bond acceptors (Lipinski definition) is 4. The highest BCUT2D eigenvalue weighted by Crippen LogP contribution is 2.36. The Labute approximate surface area is 202 Å². The normalized spacial score (nSPS) is 19.7. The van der Waals surface area contributed by atoms with Gasteiger partial charge >= 0.3 is 0 Å². The molecule has 34 heavy (non-hydrogen) atoms. The van der Waals surface area contributed by atoms with Crippen LogP contribution in [0.1, 0.15) is 16.7 Å².